The number of benzene rings is 1. The normalized spacial score (nSPS) is 16.1. The van der Waals surface area contributed by atoms with Crippen LogP contribution < -0.4 is 10.1 Å². The van der Waals surface area contributed by atoms with Gasteiger partial charge in [0.2, 0.25) is 0 Å². The number of hydrogen-bond acceptors (Lipinski definition) is 3. The Morgan fingerprint density at radius 1 is 1.40 bits per heavy atom. The summed E-state index contributed by atoms with van der Waals surface area (Å²) in [5.74, 6) is 0.754. The molecule has 20 heavy (non-hydrogen) atoms. The summed E-state index contributed by atoms with van der Waals surface area (Å²) in [6, 6.07) is 8.18. The van der Waals surface area contributed by atoms with Crippen LogP contribution in [0.4, 0.5) is 0 Å². The zero-order valence-electron chi connectivity index (χ0n) is 11.2. The van der Waals surface area contributed by atoms with Gasteiger partial charge in [-0.25, -0.2) is 0 Å². The minimum atomic E-state index is -0.0904. The van der Waals surface area contributed by atoms with Crippen molar-refractivity contribution in [3.05, 3.63) is 35.5 Å². The molecule has 1 fully saturated rings. The summed E-state index contributed by atoms with van der Waals surface area (Å²) in [5.41, 5.74) is 3.34. The maximum absolute atomic E-state index is 12.2. The van der Waals surface area contributed by atoms with Gasteiger partial charge in [-0.3, -0.25) is 9.48 Å². The molecule has 5 nitrogen and oxygen atoms in total. The second-order valence-electron chi connectivity index (χ2n) is 5.33. The van der Waals surface area contributed by atoms with Gasteiger partial charge in [0.25, 0.3) is 5.91 Å². The fraction of sp³-hybridized carbons (Fsp3) is 0.333. The molecular formula is C15H15N3O2. The highest BCUT2D eigenvalue weighted by Gasteiger charge is 2.31. The van der Waals surface area contributed by atoms with Crippen molar-refractivity contribution in [3.63, 3.8) is 0 Å². The SMILES string of the molecule is Cn1nc(C(=O)NC2CC2)c2c1-c1ccccc1OC2. The highest BCUT2D eigenvalue weighted by molar-refractivity contribution is 5.96. The van der Waals surface area contributed by atoms with Gasteiger partial charge in [0, 0.05) is 24.2 Å². The largest absolute Gasteiger partial charge is 0.488 e. The van der Waals surface area contributed by atoms with Crippen LogP contribution in [0.25, 0.3) is 11.3 Å². The van der Waals surface area contributed by atoms with Crippen LogP contribution in [0.15, 0.2) is 24.3 Å². The quantitative estimate of drug-likeness (QED) is 0.905. The fourth-order valence-corrected chi connectivity index (χ4v) is 2.64. The maximum Gasteiger partial charge on any atom is 0.272 e. The zero-order chi connectivity index (χ0) is 13.7. The van der Waals surface area contributed by atoms with Gasteiger partial charge in [-0.15, -0.1) is 0 Å². The molecule has 4 rings (SSSR count). The lowest BCUT2D eigenvalue weighted by atomic mass is 10.0. The van der Waals surface area contributed by atoms with Crippen molar-refractivity contribution in [2.45, 2.75) is 25.5 Å². The van der Waals surface area contributed by atoms with E-state index < -0.39 is 0 Å². The van der Waals surface area contributed by atoms with Crippen molar-refractivity contribution in [3.8, 4) is 17.0 Å². The number of aryl methyl sites for hydroxylation is 1. The molecule has 1 saturated carbocycles. The minimum Gasteiger partial charge on any atom is -0.488 e. The summed E-state index contributed by atoms with van der Waals surface area (Å²) in [7, 11) is 1.87. The smallest absolute Gasteiger partial charge is 0.272 e. The lowest BCUT2D eigenvalue weighted by Crippen LogP contribution is -2.27. The Balaban J connectivity index is 1.80. The van der Waals surface area contributed by atoms with Crippen LogP contribution in [-0.2, 0) is 13.7 Å². The van der Waals surface area contributed by atoms with E-state index in [1.54, 1.807) is 4.68 Å². The Labute approximate surface area is 116 Å². The molecule has 0 radical (unpaired) electrons. The number of carbonyl (C=O) groups excluding carboxylic acids is 1. The van der Waals surface area contributed by atoms with Crippen LogP contribution in [0.3, 0.4) is 0 Å². The lowest BCUT2D eigenvalue weighted by Gasteiger charge is -2.18. The summed E-state index contributed by atoms with van der Waals surface area (Å²) in [4.78, 5) is 12.2. The third kappa shape index (κ3) is 1.70. The fourth-order valence-electron chi connectivity index (χ4n) is 2.64. The summed E-state index contributed by atoms with van der Waals surface area (Å²) < 4.78 is 7.52. The van der Waals surface area contributed by atoms with Crippen molar-refractivity contribution in [2.75, 3.05) is 0 Å². The monoisotopic (exact) mass is 269 g/mol. The van der Waals surface area contributed by atoms with Gasteiger partial charge in [0.05, 0.1) is 5.69 Å². The molecule has 2 aromatic rings. The highest BCUT2D eigenvalue weighted by atomic mass is 16.5. The number of nitrogens with zero attached hydrogens (tertiary/aromatic N) is 2. The first-order chi connectivity index (χ1) is 9.74. The van der Waals surface area contributed by atoms with Gasteiger partial charge in [-0.05, 0) is 25.0 Å². The predicted molar refractivity (Wildman–Crippen MR) is 73.5 cm³/mol. The summed E-state index contributed by atoms with van der Waals surface area (Å²) >= 11 is 0. The summed E-state index contributed by atoms with van der Waals surface area (Å²) in [6.07, 6.45) is 2.14. The number of para-hydroxylation sites is 1. The minimum absolute atomic E-state index is 0.0904. The number of hydrogen-bond donors (Lipinski definition) is 1. The van der Waals surface area contributed by atoms with E-state index in [2.05, 4.69) is 10.4 Å². The third-order valence-electron chi connectivity index (χ3n) is 3.79. The Morgan fingerprint density at radius 3 is 3.00 bits per heavy atom. The second kappa shape index (κ2) is 4.10. The van der Waals surface area contributed by atoms with Crippen LogP contribution in [-0.4, -0.2) is 21.7 Å². The molecule has 0 atom stereocenters. The topological polar surface area (TPSA) is 56.2 Å². The molecule has 0 bridgehead atoms. The predicted octanol–water partition coefficient (Wildman–Crippen LogP) is 1.87. The van der Waals surface area contributed by atoms with Gasteiger partial charge < -0.3 is 10.1 Å². The van der Waals surface area contributed by atoms with Crippen LogP contribution in [0.5, 0.6) is 5.75 Å². The average Bonchev–Trinajstić information content (AvgIpc) is 3.20. The molecule has 1 aromatic carbocycles. The summed E-state index contributed by atoms with van der Waals surface area (Å²) in [5, 5.41) is 7.38. The number of nitrogens with one attached hydrogen (secondary N) is 1. The first kappa shape index (κ1) is 11.5. The molecule has 0 saturated heterocycles. The van der Waals surface area contributed by atoms with Crippen LogP contribution in [0, 0.1) is 0 Å². The van der Waals surface area contributed by atoms with Gasteiger partial charge in [-0.1, -0.05) is 12.1 Å². The lowest BCUT2D eigenvalue weighted by molar-refractivity contribution is 0.0943. The Bertz CT molecular complexity index is 701. The van der Waals surface area contributed by atoms with Crippen molar-refractivity contribution < 1.29 is 9.53 Å². The molecule has 5 heteroatoms. The van der Waals surface area contributed by atoms with Gasteiger partial charge in [0.15, 0.2) is 5.69 Å². The number of rotatable bonds is 2. The summed E-state index contributed by atoms with van der Waals surface area (Å²) in [6.45, 7) is 0.396. The third-order valence-corrected chi connectivity index (χ3v) is 3.79. The maximum atomic E-state index is 12.2. The molecule has 2 heterocycles. The van der Waals surface area contributed by atoms with Gasteiger partial charge >= 0.3 is 0 Å². The first-order valence-corrected chi connectivity index (χ1v) is 6.83. The molecule has 102 valence electrons. The standard InChI is InChI=1S/C15H15N3O2/c1-18-14-10-4-2-3-5-12(10)20-8-11(14)13(17-18)15(19)16-9-6-7-9/h2-5,9H,6-8H2,1H3,(H,16,19). The Hall–Kier alpha value is -2.30. The van der Waals surface area contributed by atoms with Crippen LogP contribution >= 0.6 is 0 Å². The van der Waals surface area contributed by atoms with E-state index in [9.17, 15) is 4.79 Å². The Morgan fingerprint density at radius 2 is 2.20 bits per heavy atom. The van der Waals surface area contributed by atoms with E-state index in [1.165, 1.54) is 0 Å². The van der Waals surface area contributed by atoms with Crippen molar-refractivity contribution in [1.82, 2.24) is 15.1 Å². The molecule has 0 spiro atoms. The van der Waals surface area contributed by atoms with E-state index in [0.29, 0.717) is 18.3 Å². The van der Waals surface area contributed by atoms with E-state index in [0.717, 1.165) is 35.4 Å². The zero-order valence-corrected chi connectivity index (χ0v) is 11.2. The molecule has 2 aliphatic rings. The van der Waals surface area contributed by atoms with Crippen molar-refractivity contribution in [1.29, 1.82) is 0 Å². The second-order valence-corrected chi connectivity index (χ2v) is 5.33. The molecule has 1 N–H and O–H groups in total. The molecule has 1 aromatic heterocycles. The number of amides is 1. The molecule has 1 aliphatic heterocycles. The molecule has 1 aliphatic carbocycles. The van der Waals surface area contributed by atoms with Gasteiger partial charge in [0.1, 0.15) is 12.4 Å². The number of fused-ring (bicyclic) bond motifs is 3. The first-order valence-electron chi connectivity index (χ1n) is 6.83. The molecule has 0 unspecified atom stereocenters. The number of aromatic nitrogens is 2. The van der Waals surface area contributed by atoms with Crippen molar-refractivity contribution >= 4 is 5.91 Å². The number of carbonyl (C=O) groups is 1. The van der Waals surface area contributed by atoms with E-state index in [-0.39, 0.29) is 5.91 Å². The van der Waals surface area contributed by atoms with Crippen molar-refractivity contribution in [2.24, 2.45) is 7.05 Å². The van der Waals surface area contributed by atoms with E-state index in [4.69, 9.17) is 4.74 Å². The van der Waals surface area contributed by atoms with Gasteiger partial charge in [-0.2, -0.15) is 5.10 Å². The number of ether oxygens (including phenoxy) is 1. The van der Waals surface area contributed by atoms with E-state index >= 15 is 0 Å². The molecular weight excluding hydrogens is 254 g/mol. The molecule has 1 amide bonds. The van der Waals surface area contributed by atoms with E-state index in [1.807, 2.05) is 31.3 Å². The Kier molecular flexibility index (Phi) is 2.36. The van der Waals surface area contributed by atoms with Crippen LogP contribution in [0.1, 0.15) is 28.9 Å². The average molecular weight is 269 g/mol. The highest BCUT2D eigenvalue weighted by Crippen LogP contribution is 2.38. The van der Waals surface area contributed by atoms with Crippen LogP contribution in [0.2, 0.25) is 0 Å².